The van der Waals surface area contributed by atoms with Crippen molar-refractivity contribution in [3.05, 3.63) is 76.2 Å². The van der Waals surface area contributed by atoms with Crippen LogP contribution in [-0.2, 0) is 19.3 Å². The highest BCUT2D eigenvalue weighted by Gasteiger charge is 2.20. The van der Waals surface area contributed by atoms with Crippen LogP contribution in [0.25, 0.3) is 0 Å². The van der Waals surface area contributed by atoms with Gasteiger partial charge in [0.05, 0.1) is 6.20 Å². The Hall–Kier alpha value is -2.54. The number of hydrogen-bond donors (Lipinski definition) is 2. The molecular formula is C24H26F3N3S. The summed E-state index contributed by atoms with van der Waals surface area (Å²) in [7, 11) is 0. The van der Waals surface area contributed by atoms with Crippen LogP contribution in [0.15, 0.2) is 52.3 Å². The molecule has 0 aliphatic carbocycles. The number of halogens is 3. The predicted octanol–water partition coefficient (Wildman–Crippen LogP) is 6.08. The highest BCUT2D eigenvalue weighted by molar-refractivity contribution is 7.80. The molecular weight excluding hydrogens is 419 g/mol. The maximum Gasteiger partial charge on any atom is 0.167 e. The van der Waals surface area contributed by atoms with E-state index in [9.17, 15) is 8.78 Å². The average Bonchev–Trinajstić information content (AvgIpc) is 2.74. The number of nitrogens with one attached hydrogen (secondary N) is 1. The molecule has 1 heterocycles. The zero-order chi connectivity index (χ0) is 22.2. The number of hydrogen-bond acceptors (Lipinski definition) is 4. The van der Waals surface area contributed by atoms with Gasteiger partial charge >= 0.3 is 0 Å². The fourth-order valence-electron chi connectivity index (χ4n) is 3.74. The normalized spacial score (nSPS) is 17.0. The van der Waals surface area contributed by atoms with Crippen molar-refractivity contribution < 1.29 is 13.2 Å². The first-order chi connectivity index (χ1) is 15.0. The van der Waals surface area contributed by atoms with E-state index < -0.39 is 17.5 Å². The summed E-state index contributed by atoms with van der Waals surface area (Å²) in [6.07, 6.45) is 5.20. The molecule has 2 aromatic rings. The fourth-order valence-corrected chi connectivity index (χ4v) is 4.00. The molecule has 0 saturated carbocycles. The van der Waals surface area contributed by atoms with Crippen molar-refractivity contribution in [1.82, 2.24) is 0 Å². The maximum absolute atomic E-state index is 15.1. The summed E-state index contributed by atoms with van der Waals surface area (Å²) in [5, 5.41) is 3.17. The summed E-state index contributed by atoms with van der Waals surface area (Å²) in [4.78, 5) is 7.67. The van der Waals surface area contributed by atoms with Gasteiger partial charge in [0, 0.05) is 16.8 Å². The predicted molar refractivity (Wildman–Crippen MR) is 125 cm³/mol. The van der Waals surface area contributed by atoms with Crippen LogP contribution in [0.1, 0.15) is 41.5 Å². The van der Waals surface area contributed by atoms with Crippen molar-refractivity contribution in [2.75, 3.05) is 17.7 Å². The number of nitrogens with zero attached hydrogens (tertiary/aromatic N) is 2. The van der Waals surface area contributed by atoms with Gasteiger partial charge in [-0.15, -0.1) is 0 Å². The van der Waals surface area contributed by atoms with Crippen LogP contribution in [0.4, 0.5) is 18.9 Å². The van der Waals surface area contributed by atoms with Gasteiger partial charge in [0.2, 0.25) is 0 Å². The van der Waals surface area contributed by atoms with Gasteiger partial charge in [-0.1, -0.05) is 12.5 Å². The van der Waals surface area contributed by atoms with Crippen LogP contribution in [0.3, 0.4) is 0 Å². The van der Waals surface area contributed by atoms with Crippen LogP contribution in [0.5, 0.6) is 0 Å². The number of thiol groups is 1. The Labute approximate surface area is 186 Å². The quantitative estimate of drug-likeness (QED) is 0.435. The lowest BCUT2D eigenvalue weighted by Crippen LogP contribution is -2.12. The topological polar surface area (TPSA) is 36.8 Å². The standard InChI is InChI=1S/C24H26F3N3S/c1-28-14-22(26)24-20-7-8-21(25)19(23(20)27)6-4-2-3-5-16-11-17(9-10-31)13-18(12-16)29-15-30-24/h7-8,11-14,29,31H,1-6,9-10,15H2/b22-14+,30-24-. The lowest BCUT2D eigenvalue weighted by molar-refractivity contribution is 0.541. The maximum atomic E-state index is 15.1. The van der Waals surface area contributed by atoms with E-state index in [1.165, 1.54) is 11.6 Å². The summed E-state index contributed by atoms with van der Waals surface area (Å²) >= 11 is 4.32. The minimum Gasteiger partial charge on any atom is -0.366 e. The first kappa shape index (κ1) is 23.1. The molecule has 164 valence electrons. The number of aryl methyl sites for hydroxylation is 2. The Bertz CT molecular complexity index is 1000. The third-order valence-electron chi connectivity index (χ3n) is 5.24. The molecule has 0 amide bonds. The van der Waals surface area contributed by atoms with Crippen molar-refractivity contribution in [3.63, 3.8) is 0 Å². The highest BCUT2D eigenvalue weighted by atomic mass is 32.1. The van der Waals surface area contributed by atoms with Crippen LogP contribution < -0.4 is 5.32 Å². The lowest BCUT2D eigenvalue weighted by Gasteiger charge is -2.12. The van der Waals surface area contributed by atoms with E-state index >= 15 is 4.39 Å². The highest BCUT2D eigenvalue weighted by Crippen LogP contribution is 2.24. The van der Waals surface area contributed by atoms with Gasteiger partial charge < -0.3 is 5.32 Å². The largest absolute Gasteiger partial charge is 0.366 e. The molecule has 3 rings (SSSR count). The molecule has 1 N–H and O–H groups in total. The SMILES string of the molecule is C=N/C=C(F)\C1=N/CNc2cc(CCS)cc(c2)CCCCCc2c(F)ccc1c2F. The van der Waals surface area contributed by atoms with Gasteiger partial charge in [0.1, 0.15) is 24.0 Å². The van der Waals surface area contributed by atoms with E-state index in [0.29, 0.717) is 6.42 Å². The van der Waals surface area contributed by atoms with Gasteiger partial charge in [-0.2, -0.15) is 12.6 Å². The number of fused-ring (bicyclic) bond motifs is 4. The summed E-state index contributed by atoms with van der Waals surface area (Å²) in [5.74, 6) is -1.51. The van der Waals surface area contributed by atoms with Crippen molar-refractivity contribution >= 4 is 30.7 Å². The van der Waals surface area contributed by atoms with Gasteiger partial charge in [0.15, 0.2) is 5.83 Å². The lowest BCUT2D eigenvalue weighted by atomic mass is 9.98. The molecule has 0 unspecified atom stereocenters. The van der Waals surface area contributed by atoms with Crippen molar-refractivity contribution in [3.8, 4) is 0 Å². The van der Waals surface area contributed by atoms with E-state index in [4.69, 9.17) is 0 Å². The Morgan fingerprint density at radius 3 is 2.74 bits per heavy atom. The molecule has 0 fully saturated rings. The molecule has 7 heteroatoms. The average molecular weight is 446 g/mol. The van der Waals surface area contributed by atoms with Crippen LogP contribution in [-0.4, -0.2) is 24.9 Å². The van der Waals surface area contributed by atoms with E-state index in [0.717, 1.165) is 55.0 Å². The molecule has 1 aliphatic rings. The molecule has 0 saturated heterocycles. The molecule has 31 heavy (non-hydrogen) atoms. The summed E-state index contributed by atoms with van der Waals surface area (Å²) in [6, 6.07) is 8.60. The number of rotatable bonds is 4. The third-order valence-corrected chi connectivity index (χ3v) is 5.46. The first-order valence-corrected chi connectivity index (χ1v) is 11.0. The first-order valence-electron chi connectivity index (χ1n) is 10.3. The molecule has 0 spiro atoms. The second kappa shape index (κ2) is 11.2. The smallest absolute Gasteiger partial charge is 0.167 e. The molecule has 3 nitrogen and oxygen atoms in total. The second-order valence-corrected chi connectivity index (χ2v) is 7.91. The molecule has 0 aromatic heterocycles. The molecule has 1 aliphatic heterocycles. The number of aliphatic imine (C=N–C) groups is 2. The van der Waals surface area contributed by atoms with E-state index in [1.54, 1.807) is 0 Å². The number of allylic oxidation sites excluding steroid dienone is 1. The molecule has 4 bridgehead atoms. The van der Waals surface area contributed by atoms with E-state index in [2.05, 4.69) is 46.8 Å². The van der Waals surface area contributed by atoms with Gasteiger partial charge in [-0.05, 0) is 80.0 Å². The minimum absolute atomic E-state index is 0.0175. The van der Waals surface area contributed by atoms with Crippen LogP contribution >= 0.6 is 12.6 Å². The Kier molecular flexibility index (Phi) is 8.35. The summed E-state index contributed by atoms with van der Waals surface area (Å²) < 4.78 is 44.1. The van der Waals surface area contributed by atoms with Crippen LogP contribution in [0, 0.1) is 11.6 Å². The number of benzene rings is 2. The van der Waals surface area contributed by atoms with Crippen molar-refractivity contribution in [1.29, 1.82) is 0 Å². The number of anilines is 1. The minimum atomic E-state index is -0.831. The van der Waals surface area contributed by atoms with Crippen molar-refractivity contribution in [2.45, 2.75) is 38.5 Å². The molecule has 0 atom stereocenters. The van der Waals surface area contributed by atoms with Crippen LogP contribution in [0.2, 0.25) is 0 Å². The Morgan fingerprint density at radius 2 is 1.97 bits per heavy atom. The fraction of sp³-hybridized carbons (Fsp3) is 0.333. The van der Waals surface area contributed by atoms with Gasteiger partial charge in [-0.25, -0.2) is 13.2 Å². The van der Waals surface area contributed by atoms with Gasteiger partial charge in [0.25, 0.3) is 0 Å². The van der Waals surface area contributed by atoms with Gasteiger partial charge in [-0.3, -0.25) is 9.98 Å². The zero-order valence-electron chi connectivity index (χ0n) is 17.3. The Morgan fingerprint density at radius 1 is 1.16 bits per heavy atom. The van der Waals surface area contributed by atoms with Crippen molar-refractivity contribution in [2.24, 2.45) is 9.98 Å². The Balaban J connectivity index is 2.04. The molecule has 2 aromatic carbocycles. The molecule has 0 radical (unpaired) electrons. The zero-order valence-corrected chi connectivity index (χ0v) is 18.2. The summed E-state index contributed by atoms with van der Waals surface area (Å²) in [5.41, 5.74) is 2.85. The monoisotopic (exact) mass is 445 g/mol. The van der Waals surface area contributed by atoms with E-state index in [1.807, 2.05) is 6.07 Å². The summed E-state index contributed by atoms with van der Waals surface area (Å²) in [6.45, 7) is 3.26. The second-order valence-electron chi connectivity index (χ2n) is 7.46. The van der Waals surface area contributed by atoms with E-state index in [-0.39, 0.29) is 29.9 Å². The third kappa shape index (κ3) is 6.00.